The molecule has 1 aliphatic rings. The van der Waals surface area contributed by atoms with Crippen molar-refractivity contribution in [1.29, 1.82) is 0 Å². The van der Waals surface area contributed by atoms with Crippen LogP contribution in [-0.2, 0) is 47.7 Å². The topological polar surface area (TPSA) is 212 Å². The van der Waals surface area contributed by atoms with Crippen molar-refractivity contribution >= 4 is 40.9 Å². The molecule has 15 nitrogen and oxygen atoms in total. The maximum absolute atomic E-state index is 12.7. The summed E-state index contributed by atoms with van der Waals surface area (Å²) in [5.74, 6) is -3.68. The van der Waals surface area contributed by atoms with Crippen LogP contribution in [0.1, 0.15) is 59.3 Å². The molecule has 1 aromatic rings. The summed E-state index contributed by atoms with van der Waals surface area (Å²) in [5.41, 5.74) is -0.248. The number of non-ortho nitro benzene ring substituents is 1. The third-order valence-electron chi connectivity index (χ3n) is 5.92. The summed E-state index contributed by atoms with van der Waals surface area (Å²) in [6.45, 7) is 3.00. The summed E-state index contributed by atoms with van der Waals surface area (Å²) in [6.07, 6.45) is -9.45. The maximum atomic E-state index is 12.7. The molecule has 0 unspecified atom stereocenters. The monoisotopic (exact) mass is 595 g/mol. The highest BCUT2D eigenvalue weighted by molar-refractivity contribution is 5.82. The lowest BCUT2D eigenvalue weighted by molar-refractivity contribution is -0.384. The molecule has 0 amide bonds. The molecular weight excluding hydrogens is 562 g/mol. The number of carbonyl (C=O) groups excluding carboxylic acids is 6. The van der Waals surface area contributed by atoms with E-state index in [1.54, 1.807) is 0 Å². The van der Waals surface area contributed by atoms with Crippen LogP contribution in [-0.4, -0.2) is 82.6 Å². The molecule has 1 aliphatic heterocycles. The SMILES string of the molecule is CC(=O)CCC(=O)O[C@@H]1[C@H](OC(=O)CCC(C)=O)[C@@H](Oc2ccc([N+](=O)[O-])cc2)O[C@H](CO)[C@H]1OC(=O)CCC(C)=O. The van der Waals surface area contributed by atoms with Gasteiger partial charge >= 0.3 is 17.9 Å². The van der Waals surface area contributed by atoms with Gasteiger partial charge in [0.2, 0.25) is 12.4 Å². The third kappa shape index (κ3) is 11.0. The number of esters is 3. The van der Waals surface area contributed by atoms with Crippen molar-refractivity contribution < 1.29 is 62.5 Å². The van der Waals surface area contributed by atoms with Gasteiger partial charge in [-0.15, -0.1) is 0 Å². The zero-order valence-corrected chi connectivity index (χ0v) is 23.3. The summed E-state index contributed by atoms with van der Waals surface area (Å²) in [5, 5.41) is 21.1. The van der Waals surface area contributed by atoms with Gasteiger partial charge in [0.05, 0.1) is 30.8 Å². The van der Waals surface area contributed by atoms with Crippen LogP contribution in [0.4, 0.5) is 5.69 Å². The van der Waals surface area contributed by atoms with Crippen molar-refractivity contribution in [3.8, 4) is 5.75 Å². The molecule has 1 saturated heterocycles. The molecule has 0 spiro atoms. The number of hydrogen-bond acceptors (Lipinski definition) is 14. The number of aliphatic hydroxyl groups excluding tert-OH is 1. The molecule has 15 heteroatoms. The predicted octanol–water partition coefficient (Wildman–Crippen LogP) is 1.53. The van der Waals surface area contributed by atoms with Crippen molar-refractivity contribution in [3.05, 3.63) is 34.4 Å². The first kappa shape index (κ1) is 34.0. The van der Waals surface area contributed by atoms with Crippen LogP contribution >= 0.6 is 0 Å². The number of ether oxygens (including phenoxy) is 5. The minimum atomic E-state index is -1.64. The van der Waals surface area contributed by atoms with Crippen LogP contribution < -0.4 is 4.74 Å². The van der Waals surface area contributed by atoms with Crippen molar-refractivity contribution in [3.63, 3.8) is 0 Å². The zero-order valence-electron chi connectivity index (χ0n) is 23.3. The second kappa shape index (κ2) is 16.3. The van der Waals surface area contributed by atoms with Crippen LogP contribution in [0.15, 0.2) is 24.3 Å². The summed E-state index contributed by atoms with van der Waals surface area (Å²) >= 11 is 0. The molecule has 0 aliphatic carbocycles. The summed E-state index contributed by atoms with van der Waals surface area (Å²) in [6, 6.07) is 4.72. The van der Waals surface area contributed by atoms with E-state index in [-0.39, 0.29) is 67.3 Å². The second-order valence-corrected chi connectivity index (χ2v) is 9.56. The molecule has 1 aromatic carbocycles. The number of carbonyl (C=O) groups is 6. The van der Waals surface area contributed by atoms with Crippen LogP contribution in [0.5, 0.6) is 5.75 Å². The van der Waals surface area contributed by atoms with E-state index in [1.165, 1.54) is 32.9 Å². The Balaban J connectivity index is 2.48. The van der Waals surface area contributed by atoms with Gasteiger partial charge in [0.15, 0.2) is 12.2 Å². The number of rotatable bonds is 16. The molecule has 1 N–H and O–H groups in total. The Kier molecular flexibility index (Phi) is 13.2. The number of benzene rings is 1. The quantitative estimate of drug-likeness (QED) is 0.124. The van der Waals surface area contributed by atoms with Crippen molar-refractivity contribution in [2.75, 3.05) is 6.61 Å². The van der Waals surface area contributed by atoms with Gasteiger partial charge in [0, 0.05) is 31.4 Å². The molecule has 0 bridgehead atoms. The average molecular weight is 596 g/mol. The largest absolute Gasteiger partial charge is 0.461 e. The first-order valence-electron chi connectivity index (χ1n) is 13.0. The molecule has 0 aromatic heterocycles. The van der Waals surface area contributed by atoms with Gasteiger partial charge in [-0.25, -0.2) is 0 Å². The van der Waals surface area contributed by atoms with Gasteiger partial charge in [0.1, 0.15) is 29.2 Å². The Morgan fingerprint density at radius 3 is 1.57 bits per heavy atom. The minimum Gasteiger partial charge on any atom is -0.461 e. The lowest BCUT2D eigenvalue weighted by Gasteiger charge is -2.44. The van der Waals surface area contributed by atoms with E-state index in [1.807, 2.05) is 0 Å². The average Bonchev–Trinajstić information content (AvgIpc) is 2.92. The smallest absolute Gasteiger partial charge is 0.306 e. The van der Waals surface area contributed by atoms with Gasteiger partial charge in [-0.05, 0) is 32.9 Å². The van der Waals surface area contributed by atoms with E-state index in [2.05, 4.69) is 0 Å². The predicted molar refractivity (Wildman–Crippen MR) is 139 cm³/mol. The Bertz CT molecular complexity index is 1160. The van der Waals surface area contributed by atoms with E-state index in [9.17, 15) is 44.0 Å². The number of ketones is 3. The van der Waals surface area contributed by atoms with E-state index < -0.39 is 60.1 Å². The molecule has 2 rings (SSSR count). The number of hydrogen-bond donors (Lipinski definition) is 1. The fourth-order valence-electron chi connectivity index (χ4n) is 3.77. The first-order chi connectivity index (χ1) is 19.8. The standard InChI is InChI=1S/C27H33NO14/c1-15(30)4-11-21(33)40-24-20(14-29)39-27(38-19-9-7-18(8-10-19)28(36)37)26(42-23(35)13-6-17(3)32)25(24)41-22(34)12-5-16(2)31/h7-10,20,24-27,29H,4-6,11-14H2,1-3H3/t20-,24-,25+,26+,27+/m1/s1. The summed E-state index contributed by atoms with van der Waals surface area (Å²) in [4.78, 5) is 82.5. The van der Waals surface area contributed by atoms with Crippen molar-refractivity contribution in [1.82, 2.24) is 0 Å². The molecular formula is C27H33NO14. The van der Waals surface area contributed by atoms with Gasteiger partial charge in [0.25, 0.3) is 5.69 Å². The lowest BCUT2D eigenvalue weighted by Crippen LogP contribution is -2.63. The molecule has 0 saturated carbocycles. The van der Waals surface area contributed by atoms with Gasteiger partial charge < -0.3 is 43.2 Å². The van der Waals surface area contributed by atoms with Gasteiger partial charge in [-0.3, -0.25) is 24.5 Å². The van der Waals surface area contributed by atoms with E-state index >= 15 is 0 Å². The lowest BCUT2D eigenvalue weighted by atomic mass is 9.97. The highest BCUT2D eigenvalue weighted by atomic mass is 16.7. The summed E-state index contributed by atoms with van der Waals surface area (Å²) < 4.78 is 28.0. The highest BCUT2D eigenvalue weighted by Crippen LogP contribution is 2.32. The number of Topliss-reactive ketones (excluding diaryl/α,β-unsaturated/α-hetero) is 3. The normalized spacial score (nSPS) is 21.5. The fraction of sp³-hybridized carbons (Fsp3) is 0.556. The summed E-state index contributed by atoms with van der Waals surface area (Å²) in [7, 11) is 0. The number of nitro groups is 1. The molecule has 230 valence electrons. The Labute approximate surface area is 240 Å². The third-order valence-corrected chi connectivity index (χ3v) is 5.92. The van der Waals surface area contributed by atoms with E-state index in [0.717, 1.165) is 12.1 Å². The minimum absolute atomic E-state index is 0.00522. The molecule has 1 fully saturated rings. The van der Waals surface area contributed by atoms with Crippen molar-refractivity contribution in [2.24, 2.45) is 0 Å². The second-order valence-electron chi connectivity index (χ2n) is 9.56. The van der Waals surface area contributed by atoms with Gasteiger partial charge in [-0.2, -0.15) is 0 Å². The molecule has 0 radical (unpaired) electrons. The highest BCUT2D eigenvalue weighted by Gasteiger charge is 2.53. The van der Waals surface area contributed by atoms with Crippen LogP contribution in [0.3, 0.4) is 0 Å². The van der Waals surface area contributed by atoms with Crippen LogP contribution in [0.25, 0.3) is 0 Å². The van der Waals surface area contributed by atoms with Gasteiger partial charge in [-0.1, -0.05) is 0 Å². The molecule has 5 atom stereocenters. The van der Waals surface area contributed by atoms with Crippen molar-refractivity contribution in [2.45, 2.75) is 90.0 Å². The molecule has 1 heterocycles. The maximum Gasteiger partial charge on any atom is 0.306 e. The number of nitro benzene ring substituents is 1. The van der Waals surface area contributed by atoms with Crippen LogP contribution in [0.2, 0.25) is 0 Å². The number of aliphatic hydroxyl groups is 1. The Morgan fingerprint density at radius 1 is 0.738 bits per heavy atom. The first-order valence-corrected chi connectivity index (χ1v) is 13.0. The Morgan fingerprint density at radius 2 is 1.17 bits per heavy atom. The van der Waals surface area contributed by atoms with E-state index in [0.29, 0.717) is 0 Å². The molecule has 42 heavy (non-hydrogen) atoms. The Hall–Kier alpha value is -4.24. The zero-order chi connectivity index (χ0) is 31.4. The van der Waals surface area contributed by atoms with Crippen LogP contribution in [0, 0.1) is 10.1 Å². The van der Waals surface area contributed by atoms with E-state index in [4.69, 9.17) is 23.7 Å². The fourth-order valence-corrected chi connectivity index (χ4v) is 3.77. The number of nitrogens with zero attached hydrogens (tertiary/aromatic N) is 1.